The Labute approximate surface area is 85.3 Å². The van der Waals surface area contributed by atoms with Gasteiger partial charge in [-0.15, -0.1) is 0 Å². The van der Waals surface area contributed by atoms with Gasteiger partial charge >= 0.3 is 0 Å². The lowest BCUT2D eigenvalue weighted by Crippen LogP contribution is -2.35. The van der Waals surface area contributed by atoms with Crippen LogP contribution in [0.3, 0.4) is 0 Å². The van der Waals surface area contributed by atoms with Crippen LogP contribution in [0.5, 0.6) is 0 Å². The molecule has 72 valence electrons. The summed E-state index contributed by atoms with van der Waals surface area (Å²) in [6.45, 7) is 2.10. The maximum Gasteiger partial charge on any atom is 0.121 e. The molecule has 0 amide bonds. The van der Waals surface area contributed by atoms with Crippen molar-refractivity contribution in [3.63, 3.8) is 0 Å². The van der Waals surface area contributed by atoms with Crippen LogP contribution in [0.15, 0.2) is 30.3 Å². The monoisotopic (exact) mass is 197 g/mol. The summed E-state index contributed by atoms with van der Waals surface area (Å²) in [6.07, 6.45) is 0.894. The second-order valence-corrected chi connectivity index (χ2v) is 4.00. The van der Waals surface area contributed by atoms with E-state index in [1.54, 1.807) is 0 Å². The molecule has 0 N–H and O–H groups in total. The van der Waals surface area contributed by atoms with Crippen LogP contribution in [0.4, 0.5) is 0 Å². The maximum atomic E-state index is 6.51. The Balaban J connectivity index is 3.03. The molecule has 0 aromatic heterocycles. The second-order valence-electron chi connectivity index (χ2n) is 3.37. The zero-order valence-electron chi connectivity index (χ0n) is 8.42. The van der Waals surface area contributed by atoms with Gasteiger partial charge in [0.2, 0.25) is 0 Å². The molecule has 0 aliphatic rings. The average Bonchev–Trinajstić information content (AvgIpc) is 2.17. The third-order valence-corrected chi connectivity index (χ3v) is 3.22. The van der Waals surface area contributed by atoms with Crippen LogP contribution in [-0.4, -0.2) is 19.0 Å². The molecular weight excluding hydrogens is 182 g/mol. The van der Waals surface area contributed by atoms with Gasteiger partial charge < -0.3 is 0 Å². The largest absolute Gasteiger partial charge is 0.287 e. The molecule has 0 aliphatic carbocycles. The fraction of sp³-hybridized carbons (Fsp3) is 0.455. The summed E-state index contributed by atoms with van der Waals surface area (Å²) in [6, 6.07) is 10.2. The Hall–Kier alpha value is -0.530. The minimum atomic E-state index is -0.360. The van der Waals surface area contributed by atoms with E-state index in [1.165, 1.54) is 0 Å². The van der Waals surface area contributed by atoms with Crippen LogP contribution >= 0.6 is 11.6 Å². The molecule has 0 radical (unpaired) electrons. The number of benzene rings is 1. The van der Waals surface area contributed by atoms with E-state index in [-0.39, 0.29) is 5.00 Å². The molecule has 0 bridgehead atoms. The molecule has 0 saturated carbocycles. The quantitative estimate of drug-likeness (QED) is 0.532. The maximum absolute atomic E-state index is 6.51. The Morgan fingerprint density at radius 3 is 2.15 bits per heavy atom. The van der Waals surface area contributed by atoms with E-state index in [1.807, 2.05) is 37.2 Å². The van der Waals surface area contributed by atoms with Crippen molar-refractivity contribution < 1.29 is 0 Å². The van der Waals surface area contributed by atoms with Crippen LogP contribution in [-0.2, 0) is 5.00 Å². The molecule has 13 heavy (non-hydrogen) atoms. The molecule has 1 nitrogen and oxygen atoms in total. The average molecular weight is 198 g/mol. The summed E-state index contributed by atoms with van der Waals surface area (Å²) in [4.78, 5) is 1.69. The number of hydrogen-bond acceptors (Lipinski definition) is 1. The fourth-order valence-electron chi connectivity index (χ4n) is 1.47. The van der Waals surface area contributed by atoms with E-state index in [4.69, 9.17) is 11.6 Å². The highest BCUT2D eigenvalue weighted by atomic mass is 35.5. The minimum Gasteiger partial charge on any atom is -0.287 e. The first-order valence-corrected chi connectivity index (χ1v) is 4.91. The number of halogens is 1. The summed E-state index contributed by atoms with van der Waals surface area (Å²) in [5.74, 6) is 0. The lowest BCUT2D eigenvalue weighted by molar-refractivity contribution is 0.243. The van der Waals surface area contributed by atoms with Crippen LogP contribution < -0.4 is 0 Å². The zero-order chi connectivity index (χ0) is 9.90. The normalized spacial score (nSPS) is 15.8. The van der Waals surface area contributed by atoms with Crippen molar-refractivity contribution >= 4 is 11.6 Å². The van der Waals surface area contributed by atoms with Gasteiger partial charge in [0.05, 0.1) is 0 Å². The highest BCUT2D eigenvalue weighted by Crippen LogP contribution is 2.34. The molecular formula is C11H16ClN. The third kappa shape index (κ3) is 2.04. The van der Waals surface area contributed by atoms with Crippen molar-refractivity contribution in [2.45, 2.75) is 18.3 Å². The number of rotatable bonds is 3. The lowest BCUT2D eigenvalue weighted by Gasteiger charge is -2.33. The predicted octanol–water partition coefficient (Wildman–Crippen LogP) is 3.05. The molecule has 1 aromatic carbocycles. The third-order valence-electron chi connectivity index (χ3n) is 2.39. The van der Waals surface area contributed by atoms with Crippen LogP contribution in [0, 0.1) is 0 Å². The summed E-state index contributed by atoms with van der Waals surface area (Å²) in [5, 5.41) is 0. The molecule has 0 heterocycles. The first kappa shape index (κ1) is 10.6. The first-order chi connectivity index (χ1) is 6.11. The number of hydrogen-bond donors (Lipinski definition) is 0. The van der Waals surface area contributed by atoms with Crippen molar-refractivity contribution in [1.82, 2.24) is 4.90 Å². The Morgan fingerprint density at radius 2 is 1.77 bits per heavy atom. The topological polar surface area (TPSA) is 3.24 Å². The molecule has 2 heteroatoms. The lowest BCUT2D eigenvalue weighted by atomic mass is 10.0. The zero-order valence-corrected chi connectivity index (χ0v) is 9.17. The summed E-state index contributed by atoms with van der Waals surface area (Å²) < 4.78 is 0. The van der Waals surface area contributed by atoms with E-state index in [2.05, 4.69) is 19.1 Å². The minimum absolute atomic E-state index is 0.360. The van der Waals surface area contributed by atoms with Crippen LogP contribution in [0.1, 0.15) is 18.9 Å². The first-order valence-electron chi connectivity index (χ1n) is 4.53. The molecule has 0 spiro atoms. The van der Waals surface area contributed by atoms with Gasteiger partial charge in [-0.1, -0.05) is 48.9 Å². The Bertz CT molecular complexity index is 258. The van der Waals surface area contributed by atoms with Gasteiger partial charge in [-0.3, -0.25) is 4.90 Å². The van der Waals surface area contributed by atoms with Crippen molar-refractivity contribution in [3.05, 3.63) is 35.9 Å². The molecule has 1 unspecified atom stereocenters. The van der Waals surface area contributed by atoms with Gasteiger partial charge in [0, 0.05) is 0 Å². The standard InChI is InChI=1S/C11H16ClN/c1-4-11(12,13(2)3)10-8-6-5-7-9-10/h5-9H,4H2,1-3H3. The molecule has 0 aliphatic heterocycles. The van der Waals surface area contributed by atoms with Crippen molar-refractivity contribution in [2.24, 2.45) is 0 Å². The number of nitrogens with zero attached hydrogens (tertiary/aromatic N) is 1. The van der Waals surface area contributed by atoms with E-state index in [0.717, 1.165) is 12.0 Å². The van der Waals surface area contributed by atoms with Crippen molar-refractivity contribution in [1.29, 1.82) is 0 Å². The second kappa shape index (κ2) is 4.12. The molecule has 1 aromatic rings. The molecule has 1 rings (SSSR count). The summed E-state index contributed by atoms with van der Waals surface area (Å²) >= 11 is 6.51. The predicted molar refractivity (Wildman–Crippen MR) is 58.0 cm³/mol. The SMILES string of the molecule is CCC(Cl)(c1ccccc1)N(C)C. The highest BCUT2D eigenvalue weighted by molar-refractivity contribution is 6.23. The molecule has 0 fully saturated rings. The van der Waals surface area contributed by atoms with Gasteiger partial charge in [-0.05, 0) is 26.1 Å². The van der Waals surface area contributed by atoms with Crippen LogP contribution in [0.2, 0.25) is 0 Å². The smallest absolute Gasteiger partial charge is 0.121 e. The Kier molecular flexibility index (Phi) is 3.34. The van der Waals surface area contributed by atoms with Gasteiger partial charge in [0.1, 0.15) is 5.00 Å². The highest BCUT2D eigenvalue weighted by Gasteiger charge is 2.29. The van der Waals surface area contributed by atoms with E-state index >= 15 is 0 Å². The van der Waals surface area contributed by atoms with Crippen molar-refractivity contribution in [3.8, 4) is 0 Å². The van der Waals surface area contributed by atoms with Gasteiger partial charge in [-0.2, -0.15) is 0 Å². The van der Waals surface area contributed by atoms with Crippen LogP contribution in [0.25, 0.3) is 0 Å². The van der Waals surface area contributed by atoms with Gasteiger partial charge in [-0.25, -0.2) is 0 Å². The summed E-state index contributed by atoms with van der Waals surface area (Å²) in [7, 11) is 4.01. The number of alkyl halides is 1. The molecule has 0 saturated heterocycles. The van der Waals surface area contributed by atoms with E-state index in [9.17, 15) is 0 Å². The molecule has 1 atom stereocenters. The Morgan fingerprint density at radius 1 is 1.23 bits per heavy atom. The fourth-order valence-corrected chi connectivity index (χ4v) is 1.60. The summed E-state index contributed by atoms with van der Waals surface area (Å²) in [5.41, 5.74) is 1.16. The van der Waals surface area contributed by atoms with Gasteiger partial charge in [0.15, 0.2) is 0 Å². The van der Waals surface area contributed by atoms with Gasteiger partial charge in [0.25, 0.3) is 0 Å². The van der Waals surface area contributed by atoms with E-state index in [0.29, 0.717) is 0 Å². The van der Waals surface area contributed by atoms with Crippen molar-refractivity contribution in [2.75, 3.05) is 14.1 Å². The van der Waals surface area contributed by atoms with E-state index < -0.39 is 0 Å².